The standard InChI is InChI=1S/C86H153NO8/c1-6-8-10-12-14-16-18-20-22-24-26-28-30-32-34-36-38-39-40-41-42-43-44-45-47-48-50-52-54-56-58-60-62-64-66-68-70-72-74-76-83(88)93-80-82(81-94-86(85(90)91)92-79-78-87(3,4)5)95-84(89)77-75-73-71-69-67-65-63-61-59-57-55-53-51-49-46-37-35-33-31-29-27-25-23-21-19-17-15-13-11-9-7-2/h9,11,15,17-18,20-21,23-24,26-27,29,33,35,46,49,82,86H,6-8,10,12-14,16,19,22,25,28,30-32,34,36-45,47-48,50-81H2,1-5H3/b11-9-,17-15-,20-18-,23-21-,26-24-,29-27-,35-33-,49-46-. The minimum absolute atomic E-state index is 0.146. The predicted molar refractivity (Wildman–Crippen MR) is 407 cm³/mol. The number of esters is 2. The van der Waals surface area contributed by atoms with E-state index in [1.54, 1.807) is 0 Å². The Morgan fingerprint density at radius 2 is 0.600 bits per heavy atom. The summed E-state index contributed by atoms with van der Waals surface area (Å²) >= 11 is 0. The zero-order chi connectivity index (χ0) is 69.0. The van der Waals surface area contributed by atoms with Crippen LogP contribution in [0.25, 0.3) is 0 Å². The molecule has 9 heteroatoms. The number of unbranched alkanes of at least 4 members (excludes halogenated alkanes) is 44. The molecule has 0 aliphatic carbocycles. The maximum absolute atomic E-state index is 13.0. The number of carbonyl (C=O) groups is 3. The van der Waals surface area contributed by atoms with Crippen LogP contribution >= 0.6 is 0 Å². The number of nitrogens with zero attached hydrogens (tertiary/aromatic N) is 1. The minimum Gasteiger partial charge on any atom is -0.545 e. The van der Waals surface area contributed by atoms with Crippen molar-refractivity contribution >= 4 is 17.9 Å². The summed E-state index contributed by atoms with van der Waals surface area (Å²) in [6.07, 6.45) is 102. The van der Waals surface area contributed by atoms with E-state index in [9.17, 15) is 19.5 Å². The van der Waals surface area contributed by atoms with Crippen molar-refractivity contribution in [3.63, 3.8) is 0 Å². The summed E-state index contributed by atoms with van der Waals surface area (Å²) in [6, 6.07) is 0. The first-order valence-electron chi connectivity index (χ1n) is 40.4. The van der Waals surface area contributed by atoms with Gasteiger partial charge in [-0.2, -0.15) is 0 Å². The lowest BCUT2D eigenvalue weighted by Crippen LogP contribution is -2.44. The first-order chi connectivity index (χ1) is 46.6. The molecule has 0 saturated heterocycles. The number of likely N-dealkylation sites (N-methyl/N-ethyl adjacent to an activating group) is 1. The van der Waals surface area contributed by atoms with Crippen LogP contribution < -0.4 is 5.11 Å². The van der Waals surface area contributed by atoms with Gasteiger partial charge in [-0.3, -0.25) is 9.59 Å². The van der Waals surface area contributed by atoms with Crippen molar-refractivity contribution in [1.29, 1.82) is 0 Å². The number of aliphatic carboxylic acids is 1. The molecule has 0 aromatic carbocycles. The molecule has 0 aliphatic heterocycles. The van der Waals surface area contributed by atoms with Gasteiger partial charge in [0.1, 0.15) is 13.2 Å². The van der Waals surface area contributed by atoms with Crippen LogP contribution in [-0.2, 0) is 33.3 Å². The van der Waals surface area contributed by atoms with Gasteiger partial charge in [-0.1, -0.05) is 361 Å². The lowest BCUT2D eigenvalue weighted by molar-refractivity contribution is -0.870. The SMILES string of the molecule is CC/C=C\C/C=C\C/C=C\C/C=C\C/C=C\C/C=C\CCCCCCCCCCCCCCC(=O)OC(COC(=O)CCCCCCCCCCCCCCCCCCCCCCCCCCCCC/C=C\C/C=C\CCCCCCC)COC(OCC[N+](C)(C)C)C(=O)[O-]. The maximum Gasteiger partial charge on any atom is 0.306 e. The maximum atomic E-state index is 13.0. The summed E-state index contributed by atoms with van der Waals surface area (Å²) in [5.41, 5.74) is 0. The molecule has 9 nitrogen and oxygen atoms in total. The predicted octanol–water partition coefficient (Wildman–Crippen LogP) is 24.6. The molecule has 0 aliphatic rings. The van der Waals surface area contributed by atoms with Crippen LogP contribution in [0.15, 0.2) is 97.2 Å². The van der Waals surface area contributed by atoms with Gasteiger partial charge in [0.2, 0.25) is 0 Å². The number of allylic oxidation sites excluding steroid dienone is 16. The second kappa shape index (κ2) is 76.0. The lowest BCUT2D eigenvalue weighted by Gasteiger charge is -2.26. The number of hydrogen-bond donors (Lipinski definition) is 0. The third-order valence-corrected chi connectivity index (χ3v) is 17.8. The van der Waals surface area contributed by atoms with Crippen LogP contribution in [-0.4, -0.2) is 82.3 Å². The molecule has 0 spiro atoms. The van der Waals surface area contributed by atoms with Gasteiger partial charge in [-0.05, 0) is 96.3 Å². The van der Waals surface area contributed by atoms with Crippen LogP contribution in [0.3, 0.4) is 0 Å². The highest BCUT2D eigenvalue weighted by molar-refractivity contribution is 5.70. The van der Waals surface area contributed by atoms with E-state index in [0.717, 1.165) is 83.5 Å². The first kappa shape index (κ1) is 91.2. The zero-order valence-corrected chi connectivity index (χ0v) is 63.0. The number of ether oxygens (including phenoxy) is 4. The second-order valence-corrected chi connectivity index (χ2v) is 28.3. The average molecular weight is 1330 g/mol. The Morgan fingerprint density at radius 3 is 0.895 bits per heavy atom. The van der Waals surface area contributed by atoms with E-state index in [2.05, 4.69) is 111 Å². The van der Waals surface area contributed by atoms with Crippen LogP contribution in [0.1, 0.15) is 373 Å². The normalized spacial score (nSPS) is 13.1. The highest BCUT2D eigenvalue weighted by atomic mass is 16.7. The van der Waals surface area contributed by atoms with E-state index in [0.29, 0.717) is 23.9 Å². The van der Waals surface area contributed by atoms with E-state index in [-0.39, 0.29) is 32.2 Å². The van der Waals surface area contributed by atoms with Crippen molar-refractivity contribution in [2.75, 3.05) is 47.5 Å². The lowest BCUT2D eigenvalue weighted by atomic mass is 10.0. The number of quaternary nitrogens is 1. The zero-order valence-electron chi connectivity index (χ0n) is 63.0. The summed E-state index contributed by atoms with van der Waals surface area (Å²) in [7, 11) is 5.94. The third kappa shape index (κ3) is 77.4. The van der Waals surface area contributed by atoms with Crippen LogP contribution in [0, 0.1) is 0 Å². The molecule has 0 rings (SSSR count). The molecule has 0 amide bonds. The second-order valence-electron chi connectivity index (χ2n) is 28.3. The quantitative estimate of drug-likeness (QED) is 0.0195. The molecule has 0 N–H and O–H groups in total. The van der Waals surface area contributed by atoms with Gasteiger partial charge < -0.3 is 33.3 Å². The summed E-state index contributed by atoms with van der Waals surface area (Å²) < 4.78 is 22.9. The van der Waals surface area contributed by atoms with Crippen LogP contribution in [0.2, 0.25) is 0 Å². The van der Waals surface area contributed by atoms with E-state index in [4.69, 9.17) is 18.9 Å². The van der Waals surface area contributed by atoms with Crippen molar-refractivity contribution in [1.82, 2.24) is 0 Å². The Hall–Kier alpha value is -3.79. The molecule has 0 saturated carbocycles. The molecule has 550 valence electrons. The molecular formula is C86H153NO8. The first-order valence-corrected chi connectivity index (χ1v) is 40.4. The molecule has 2 unspecified atom stereocenters. The molecule has 0 heterocycles. The Bertz CT molecular complexity index is 1890. The number of hydrogen-bond acceptors (Lipinski definition) is 8. The highest BCUT2D eigenvalue weighted by Gasteiger charge is 2.22. The van der Waals surface area contributed by atoms with Crippen molar-refractivity contribution in [2.45, 2.75) is 386 Å². The smallest absolute Gasteiger partial charge is 0.306 e. The van der Waals surface area contributed by atoms with Gasteiger partial charge in [0.05, 0.1) is 40.3 Å². The minimum atomic E-state index is -1.63. The molecule has 0 aromatic rings. The summed E-state index contributed by atoms with van der Waals surface area (Å²) in [4.78, 5) is 37.6. The molecule has 2 atom stereocenters. The number of carboxylic acids is 1. The van der Waals surface area contributed by atoms with E-state index < -0.39 is 24.3 Å². The average Bonchev–Trinajstić information content (AvgIpc) is 3.24. The molecule has 0 bridgehead atoms. The molecule has 95 heavy (non-hydrogen) atoms. The van der Waals surface area contributed by atoms with Crippen molar-refractivity contribution in [2.24, 2.45) is 0 Å². The van der Waals surface area contributed by atoms with Gasteiger partial charge in [0.15, 0.2) is 12.4 Å². The monoisotopic (exact) mass is 1330 g/mol. The summed E-state index contributed by atoms with van der Waals surface area (Å²) in [5, 5.41) is 11.9. The van der Waals surface area contributed by atoms with Gasteiger partial charge in [-0.25, -0.2) is 0 Å². The Kier molecular flexibility index (Phi) is 72.9. The topological polar surface area (TPSA) is 111 Å². The van der Waals surface area contributed by atoms with E-state index >= 15 is 0 Å². The molecule has 0 radical (unpaired) electrons. The van der Waals surface area contributed by atoms with E-state index in [1.807, 2.05) is 21.1 Å². The fourth-order valence-electron chi connectivity index (χ4n) is 11.7. The van der Waals surface area contributed by atoms with Crippen LogP contribution in [0.5, 0.6) is 0 Å². The van der Waals surface area contributed by atoms with Gasteiger partial charge in [0.25, 0.3) is 0 Å². The van der Waals surface area contributed by atoms with E-state index in [1.165, 1.54) is 257 Å². The molecule has 0 fully saturated rings. The highest BCUT2D eigenvalue weighted by Crippen LogP contribution is 2.19. The number of rotatable bonds is 75. The fourth-order valence-corrected chi connectivity index (χ4v) is 11.7. The van der Waals surface area contributed by atoms with Crippen LogP contribution in [0.4, 0.5) is 0 Å². The largest absolute Gasteiger partial charge is 0.545 e. The number of carbonyl (C=O) groups excluding carboxylic acids is 3. The molecular weight excluding hydrogens is 1170 g/mol. The summed E-state index contributed by atoms with van der Waals surface area (Å²) in [6.45, 7) is 4.67. The van der Waals surface area contributed by atoms with Crippen molar-refractivity contribution < 1.29 is 42.9 Å². The van der Waals surface area contributed by atoms with Gasteiger partial charge in [-0.15, -0.1) is 0 Å². The Balaban J connectivity index is 3.99. The third-order valence-electron chi connectivity index (χ3n) is 17.8. The van der Waals surface area contributed by atoms with Gasteiger partial charge >= 0.3 is 11.9 Å². The Morgan fingerprint density at radius 1 is 0.326 bits per heavy atom. The fraction of sp³-hybridized carbons (Fsp3) is 0.779. The van der Waals surface area contributed by atoms with Crippen molar-refractivity contribution in [3.8, 4) is 0 Å². The summed E-state index contributed by atoms with van der Waals surface area (Å²) in [5.74, 6) is -2.27. The van der Waals surface area contributed by atoms with Gasteiger partial charge in [0, 0.05) is 12.8 Å². The molecule has 0 aromatic heterocycles. The van der Waals surface area contributed by atoms with Crippen molar-refractivity contribution in [3.05, 3.63) is 97.2 Å². The Labute approximate surface area is 588 Å². The number of carboxylic acid groups (broad SMARTS) is 1.